The lowest BCUT2D eigenvalue weighted by Gasteiger charge is -2.18. The molecule has 1 rings (SSSR count). The molecule has 0 fully saturated rings. The smallest absolute Gasteiger partial charge is 0.326 e. The van der Waals surface area contributed by atoms with Gasteiger partial charge in [0, 0.05) is 10.2 Å². The predicted octanol–water partition coefficient (Wildman–Crippen LogP) is 3.30. The van der Waals surface area contributed by atoms with Crippen molar-refractivity contribution in [1.82, 2.24) is 5.32 Å². The highest BCUT2D eigenvalue weighted by Crippen LogP contribution is 2.24. The Morgan fingerprint density at radius 2 is 1.70 bits per heavy atom. The topological polar surface area (TPSA) is 78.4 Å². The number of hydrogen-bond acceptors (Lipinski definition) is 2. The maximum absolute atomic E-state index is 11.8. The van der Waals surface area contributed by atoms with Gasteiger partial charge < -0.3 is 15.7 Å². The summed E-state index contributed by atoms with van der Waals surface area (Å²) >= 11 is 3.45. The van der Waals surface area contributed by atoms with Gasteiger partial charge in [-0.25, -0.2) is 9.59 Å². The first-order chi connectivity index (χ1) is 9.22. The van der Waals surface area contributed by atoms with Crippen molar-refractivity contribution in [2.75, 3.05) is 5.32 Å². The molecule has 0 bridgehead atoms. The number of nitrogens with one attached hydrogen (secondary N) is 2. The third kappa shape index (κ3) is 4.23. The average Bonchev–Trinajstić information content (AvgIpc) is 2.32. The normalized spacial score (nSPS) is 12.1. The summed E-state index contributed by atoms with van der Waals surface area (Å²) in [5, 5.41) is 14.1. The molecule has 0 heterocycles. The Morgan fingerprint density at radius 3 is 2.10 bits per heavy atom. The number of rotatable bonds is 4. The number of urea groups is 1. The van der Waals surface area contributed by atoms with E-state index in [-0.39, 0.29) is 5.92 Å². The van der Waals surface area contributed by atoms with Crippen molar-refractivity contribution in [1.29, 1.82) is 0 Å². The van der Waals surface area contributed by atoms with Crippen LogP contribution in [-0.2, 0) is 4.79 Å². The number of aliphatic carboxylic acids is 1. The van der Waals surface area contributed by atoms with Gasteiger partial charge in [-0.15, -0.1) is 0 Å². The van der Waals surface area contributed by atoms with Crippen molar-refractivity contribution in [2.24, 2.45) is 5.92 Å². The van der Waals surface area contributed by atoms with Crippen LogP contribution in [0.3, 0.4) is 0 Å². The zero-order valence-corrected chi connectivity index (χ0v) is 13.5. The molecule has 0 aliphatic carbocycles. The maximum atomic E-state index is 11.8. The highest BCUT2D eigenvalue weighted by Gasteiger charge is 2.23. The minimum absolute atomic E-state index is 0.188. The highest BCUT2D eigenvalue weighted by molar-refractivity contribution is 9.10. The Balaban J connectivity index is 2.78. The summed E-state index contributed by atoms with van der Waals surface area (Å²) in [7, 11) is 0. The van der Waals surface area contributed by atoms with Crippen LogP contribution in [0.25, 0.3) is 0 Å². The standard InChI is InChI=1S/C14H19BrN2O3/c1-7(2)12(13(18)19)17-14(20)16-10-5-8(3)11(15)9(4)6-10/h5-7,12H,1-4H3,(H,18,19)(H2,16,17,20)/t12-/m1/s1. The molecule has 1 atom stereocenters. The molecule has 0 saturated carbocycles. The number of aryl methyl sites for hydroxylation is 2. The minimum Gasteiger partial charge on any atom is -0.480 e. The fraction of sp³-hybridized carbons (Fsp3) is 0.429. The van der Waals surface area contributed by atoms with Crippen LogP contribution in [0.15, 0.2) is 16.6 Å². The number of anilines is 1. The van der Waals surface area contributed by atoms with E-state index in [1.54, 1.807) is 13.8 Å². The Hall–Kier alpha value is -1.56. The van der Waals surface area contributed by atoms with E-state index in [4.69, 9.17) is 5.11 Å². The second kappa shape index (κ2) is 6.74. The number of hydrogen-bond donors (Lipinski definition) is 3. The van der Waals surface area contributed by atoms with E-state index in [2.05, 4.69) is 26.6 Å². The number of benzene rings is 1. The van der Waals surface area contributed by atoms with Gasteiger partial charge in [0.15, 0.2) is 0 Å². The molecular formula is C14H19BrN2O3. The number of carbonyl (C=O) groups is 2. The summed E-state index contributed by atoms with van der Waals surface area (Å²) in [6, 6.07) is 2.21. The molecule has 0 aliphatic rings. The van der Waals surface area contributed by atoms with Crippen LogP contribution >= 0.6 is 15.9 Å². The fourth-order valence-corrected chi connectivity index (χ4v) is 2.07. The number of carboxylic acids is 1. The molecule has 0 spiro atoms. The third-order valence-electron chi connectivity index (χ3n) is 2.91. The summed E-state index contributed by atoms with van der Waals surface area (Å²) in [6.45, 7) is 7.34. The molecule has 0 aliphatic heterocycles. The third-order valence-corrected chi connectivity index (χ3v) is 4.16. The number of carbonyl (C=O) groups excluding carboxylic acids is 1. The lowest BCUT2D eigenvalue weighted by Crippen LogP contribution is -2.46. The maximum Gasteiger partial charge on any atom is 0.326 e. The van der Waals surface area contributed by atoms with Crippen LogP contribution in [0.4, 0.5) is 10.5 Å². The molecule has 0 radical (unpaired) electrons. The Kier molecular flexibility index (Phi) is 5.56. The molecule has 6 heteroatoms. The van der Waals surface area contributed by atoms with Crippen molar-refractivity contribution in [2.45, 2.75) is 33.7 Å². The van der Waals surface area contributed by atoms with Crippen molar-refractivity contribution < 1.29 is 14.7 Å². The quantitative estimate of drug-likeness (QED) is 0.785. The summed E-state index contributed by atoms with van der Waals surface area (Å²) in [5.41, 5.74) is 2.63. The first-order valence-corrected chi connectivity index (χ1v) is 7.08. The predicted molar refractivity (Wildman–Crippen MR) is 82.0 cm³/mol. The molecule has 1 aromatic carbocycles. The zero-order valence-electron chi connectivity index (χ0n) is 12.0. The molecule has 3 N–H and O–H groups in total. The molecule has 20 heavy (non-hydrogen) atoms. The minimum atomic E-state index is -1.04. The molecule has 0 unspecified atom stereocenters. The lowest BCUT2D eigenvalue weighted by molar-refractivity contribution is -0.140. The van der Waals surface area contributed by atoms with Crippen LogP contribution in [-0.4, -0.2) is 23.1 Å². The van der Waals surface area contributed by atoms with E-state index >= 15 is 0 Å². The van der Waals surface area contributed by atoms with Crippen LogP contribution < -0.4 is 10.6 Å². The van der Waals surface area contributed by atoms with Gasteiger partial charge in [0.05, 0.1) is 0 Å². The second-order valence-electron chi connectivity index (χ2n) is 5.08. The summed E-state index contributed by atoms with van der Waals surface area (Å²) < 4.78 is 0.994. The number of halogens is 1. The number of amides is 2. The van der Waals surface area contributed by atoms with Crippen LogP contribution in [0.5, 0.6) is 0 Å². The van der Waals surface area contributed by atoms with E-state index in [0.717, 1.165) is 15.6 Å². The molecule has 2 amide bonds. The highest BCUT2D eigenvalue weighted by atomic mass is 79.9. The Bertz CT molecular complexity index is 506. The molecule has 1 aromatic rings. The van der Waals surface area contributed by atoms with E-state index in [9.17, 15) is 9.59 Å². The van der Waals surface area contributed by atoms with Crippen LogP contribution in [0.2, 0.25) is 0 Å². The Morgan fingerprint density at radius 1 is 1.20 bits per heavy atom. The van der Waals surface area contributed by atoms with Crippen LogP contribution in [0.1, 0.15) is 25.0 Å². The van der Waals surface area contributed by atoms with E-state index < -0.39 is 18.0 Å². The van der Waals surface area contributed by atoms with Gasteiger partial charge in [0.1, 0.15) is 6.04 Å². The largest absolute Gasteiger partial charge is 0.480 e. The summed E-state index contributed by atoms with van der Waals surface area (Å²) in [6.07, 6.45) is 0. The Labute approximate surface area is 126 Å². The van der Waals surface area contributed by atoms with Crippen LogP contribution in [0, 0.1) is 19.8 Å². The van der Waals surface area contributed by atoms with E-state index in [1.807, 2.05) is 26.0 Å². The first kappa shape index (κ1) is 16.5. The molecule has 5 nitrogen and oxygen atoms in total. The second-order valence-corrected chi connectivity index (χ2v) is 5.88. The molecule has 0 aromatic heterocycles. The lowest BCUT2D eigenvalue weighted by atomic mass is 10.1. The van der Waals surface area contributed by atoms with Crippen molar-refractivity contribution in [3.8, 4) is 0 Å². The molecule has 110 valence electrons. The molecular weight excluding hydrogens is 324 g/mol. The van der Waals surface area contributed by atoms with Crippen molar-refractivity contribution in [3.63, 3.8) is 0 Å². The van der Waals surface area contributed by atoms with E-state index in [1.165, 1.54) is 0 Å². The van der Waals surface area contributed by atoms with Gasteiger partial charge >= 0.3 is 12.0 Å². The molecule has 0 saturated heterocycles. The van der Waals surface area contributed by atoms with E-state index in [0.29, 0.717) is 5.69 Å². The van der Waals surface area contributed by atoms with Crippen molar-refractivity contribution in [3.05, 3.63) is 27.7 Å². The summed E-state index contributed by atoms with van der Waals surface area (Å²) in [5.74, 6) is -1.23. The monoisotopic (exact) mass is 342 g/mol. The van der Waals surface area contributed by atoms with Gasteiger partial charge in [0.2, 0.25) is 0 Å². The van der Waals surface area contributed by atoms with Gasteiger partial charge in [-0.05, 0) is 43.0 Å². The SMILES string of the molecule is Cc1cc(NC(=O)N[C@@H](C(=O)O)C(C)C)cc(C)c1Br. The number of carboxylic acid groups (broad SMARTS) is 1. The fourth-order valence-electron chi connectivity index (χ4n) is 1.84. The van der Waals surface area contributed by atoms with Gasteiger partial charge in [-0.3, -0.25) is 0 Å². The first-order valence-electron chi connectivity index (χ1n) is 6.29. The van der Waals surface area contributed by atoms with Crippen molar-refractivity contribution >= 4 is 33.6 Å². The van der Waals surface area contributed by atoms with Gasteiger partial charge in [-0.1, -0.05) is 29.8 Å². The van der Waals surface area contributed by atoms with Gasteiger partial charge in [-0.2, -0.15) is 0 Å². The summed E-state index contributed by atoms with van der Waals surface area (Å²) in [4.78, 5) is 22.9. The van der Waals surface area contributed by atoms with Gasteiger partial charge in [0.25, 0.3) is 0 Å². The zero-order chi connectivity index (χ0) is 15.4. The average molecular weight is 343 g/mol.